The number of hydrogen-bond acceptors (Lipinski definition) is 4. The highest BCUT2D eigenvalue weighted by Gasteiger charge is 2.38. The smallest absolute Gasteiger partial charge is 0.282 e. The van der Waals surface area contributed by atoms with E-state index in [2.05, 4.69) is 25.9 Å². The summed E-state index contributed by atoms with van der Waals surface area (Å²) in [7, 11) is 1.65. The Labute approximate surface area is 133 Å². The Morgan fingerprint density at radius 1 is 1.33 bits per heavy atom. The zero-order valence-corrected chi connectivity index (χ0v) is 13.9. The molecule has 2 fully saturated rings. The van der Waals surface area contributed by atoms with Gasteiger partial charge < -0.3 is 10.0 Å². The van der Waals surface area contributed by atoms with Crippen molar-refractivity contribution in [2.45, 2.75) is 50.7 Å². The quantitative estimate of drug-likeness (QED) is 0.881. The number of aryl methyl sites for hydroxylation is 1. The van der Waals surface area contributed by atoms with Crippen molar-refractivity contribution in [3.63, 3.8) is 0 Å². The van der Waals surface area contributed by atoms with Gasteiger partial charge in [-0.15, -0.1) is 0 Å². The number of aromatic nitrogens is 2. The Bertz CT molecular complexity index is 569. The Kier molecular flexibility index (Phi) is 4.36. The predicted molar refractivity (Wildman–Crippen MR) is 85.5 cm³/mol. The maximum absolute atomic E-state index is 12.1. The third-order valence-electron chi connectivity index (χ3n) is 4.88. The number of aliphatic hydroxyl groups excluding tert-OH is 1. The minimum absolute atomic E-state index is 0.128. The van der Waals surface area contributed by atoms with Gasteiger partial charge in [-0.25, -0.2) is 4.68 Å². The van der Waals surface area contributed by atoms with Crippen molar-refractivity contribution in [2.75, 3.05) is 11.4 Å². The van der Waals surface area contributed by atoms with Gasteiger partial charge in [0, 0.05) is 19.6 Å². The second-order valence-electron chi connectivity index (χ2n) is 6.28. The molecule has 1 saturated heterocycles. The average molecular weight is 356 g/mol. The van der Waals surface area contributed by atoms with Crippen molar-refractivity contribution in [3.05, 3.63) is 21.0 Å². The van der Waals surface area contributed by atoms with E-state index in [4.69, 9.17) is 0 Å². The van der Waals surface area contributed by atoms with Crippen molar-refractivity contribution in [1.29, 1.82) is 0 Å². The molecule has 21 heavy (non-hydrogen) atoms. The monoisotopic (exact) mass is 355 g/mol. The van der Waals surface area contributed by atoms with E-state index < -0.39 is 0 Å². The standard InChI is InChI=1S/C15H22BrN3O2/c1-18-15(21)14(16)13(8-17-18)19-9-11(20)7-12(19)10-5-3-2-4-6-10/h8,10-12,20H,2-7,9H2,1H3/t11-,12-/m1/s1. The van der Waals surface area contributed by atoms with Gasteiger partial charge in [-0.2, -0.15) is 5.10 Å². The van der Waals surface area contributed by atoms with Crippen LogP contribution in [0.1, 0.15) is 38.5 Å². The van der Waals surface area contributed by atoms with Gasteiger partial charge in [0.1, 0.15) is 4.47 Å². The van der Waals surface area contributed by atoms with Gasteiger partial charge in [-0.05, 0) is 41.1 Å². The largest absolute Gasteiger partial charge is 0.391 e. The molecule has 2 atom stereocenters. The Morgan fingerprint density at radius 3 is 2.76 bits per heavy atom. The van der Waals surface area contributed by atoms with Crippen molar-refractivity contribution in [1.82, 2.24) is 9.78 Å². The van der Waals surface area contributed by atoms with E-state index in [-0.39, 0.29) is 11.7 Å². The molecule has 6 heteroatoms. The fourth-order valence-corrected chi connectivity index (χ4v) is 4.37. The molecular weight excluding hydrogens is 334 g/mol. The molecule has 3 rings (SSSR count). The SMILES string of the molecule is Cn1ncc(N2C[C@H](O)C[C@@H]2C2CCCCC2)c(Br)c1=O. The fraction of sp³-hybridized carbons (Fsp3) is 0.733. The topological polar surface area (TPSA) is 58.4 Å². The second-order valence-corrected chi connectivity index (χ2v) is 7.07. The molecule has 1 aliphatic carbocycles. The minimum Gasteiger partial charge on any atom is -0.391 e. The number of anilines is 1. The predicted octanol–water partition coefficient (Wildman–Crippen LogP) is 2.06. The number of nitrogens with zero attached hydrogens (tertiary/aromatic N) is 3. The van der Waals surface area contributed by atoms with Crippen LogP contribution in [0.3, 0.4) is 0 Å². The molecule has 1 aromatic heterocycles. The molecule has 5 nitrogen and oxygen atoms in total. The van der Waals surface area contributed by atoms with Crippen LogP contribution < -0.4 is 10.5 Å². The lowest BCUT2D eigenvalue weighted by Gasteiger charge is -2.35. The summed E-state index contributed by atoms with van der Waals surface area (Å²) < 4.78 is 1.88. The normalized spacial score (nSPS) is 27.3. The van der Waals surface area contributed by atoms with Gasteiger partial charge in [0.15, 0.2) is 0 Å². The molecule has 0 aromatic carbocycles. The summed E-state index contributed by atoms with van der Waals surface area (Å²) >= 11 is 3.42. The van der Waals surface area contributed by atoms with Crippen molar-refractivity contribution in [3.8, 4) is 0 Å². The van der Waals surface area contributed by atoms with Gasteiger partial charge in [0.25, 0.3) is 5.56 Å². The van der Waals surface area contributed by atoms with Crippen LogP contribution in [0, 0.1) is 5.92 Å². The highest BCUT2D eigenvalue weighted by molar-refractivity contribution is 9.10. The molecule has 0 unspecified atom stereocenters. The lowest BCUT2D eigenvalue weighted by Crippen LogP contribution is -2.38. The summed E-state index contributed by atoms with van der Waals surface area (Å²) in [6, 6.07) is 0.325. The summed E-state index contributed by atoms with van der Waals surface area (Å²) in [6.07, 6.45) is 8.55. The summed E-state index contributed by atoms with van der Waals surface area (Å²) in [5.74, 6) is 0.617. The van der Waals surface area contributed by atoms with Gasteiger partial charge in [-0.1, -0.05) is 19.3 Å². The number of hydrogen-bond donors (Lipinski definition) is 1. The van der Waals surface area contributed by atoms with Crippen LogP contribution in [-0.2, 0) is 7.05 Å². The first-order valence-electron chi connectivity index (χ1n) is 7.74. The molecule has 0 radical (unpaired) electrons. The van der Waals surface area contributed by atoms with E-state index in [1.807, 2.05) is 0 Å². The number of rotatable bonds is 2. The first-order valence-corrected chi connectivity index (χ1v) is 8.53. The second kappa shape index (κ2) is 6.08. The van der Waals surface area contributed by atoms with Crippen LogP contribution >= 0.6 is 15.9 Å². The lowest BCUT2D eigenvalue weighted by molar-refractivity contribution is 0.185. The molecule has 1 saturated carbocycles. The van der Waals surface area contributed by atoms with E-state index in [1.54, 1.807) is 13.2 Å². The summed E-state index contributed by atoms with van der Waals surface area (Å²) in [4.78, 5) is 14.3. The zero-order chi connectivity index (χ0) is 15.0. The molecule has 0 bridgehead atoms. The maximum Gasteiger partial charge on any atom is 0.282 e. The number of β-amino-alcohol motifs (C(OH)–C–C–N with tert-alkyl or cyclic N) is 1. The van der Waals surface area contributed by atoms with Crippen LogP contribution in [0.4, 0.5) is 5.69 Å². The Hall–Kier alpha value is -0.880. The van der Waals surface area contributed by atoms with Gasteiger partial charge in [0.2, 0.25) is 0 Å². The van der Waals surface area contributed by atoms with E-state index in [1.165, 1.54) is 36.8 Å². The molecule has 2 heterocycles. The molecule has 1 aromatic rings. The van der Waals surface area contributed by atoms with Crippen LogP contribution in [-0.4, -0.2) is 33.6 Å². The maximum atomic E-state index is 12.1. The van der Waals surface area contributed by atoms with Crippen LogP contribution in [0.5, 0.6) is 0 Å². The molecule has 2 aliphatic rings. The van der Waals surface area contributed by atoms with E-state index >= 15 is 0 Å². The highest BCUT2D eigenvalue weighted by atomic mass is 79.9. The minimum atomic E-state index is -0.312. The summed E-state index contributed by atoms with van der Waals surface area (Å²) in [6.45, 7) is 0.592. The lowest BCUT2D eigenvalue weighted by atomic mass is 9.82. The molecule has 116 valence electrons. The molecule has 1 aliphatic heterocycles. The van der Waals surface area contributed by atoms with Gasteiger partial charge >= 0.3 is 0 Å². The third-order valence-corrected chi connectivity index (χ3v) is 5.63. The first kappa shape index (κ1) is 15.0. The Balaban J connectivity index is 1.91. The van der Waals surface area contributed by atoms with Crippen LogP contribution in [0.25, 0.3) is 0 Å². The first-order chi connectivity index (χ1) is 10.1. The Morgan fingerprint density at radius 2 is 2.05 bits per heavy atom. The van der Waals surface area contributed by atoms with Gasteiger partial charge in [-0.3, -0.25) is 4.79 Å². The van der Waals surface area contributed by atoms with Crippen molar-refractivity contribution in [2.24, 2.45) is 13.0 Å². The zero-order valence-electron chi connectivity index (χ0n) is 12.3. The van der Waals surface area contributed by atoms with Crippen LogP contribution in [0.2, 0.25) is 0 Å². The average Bonchev–Trinajstić information content (AvgIpc) is 2.88. The molecule has 0 amide bonds. The molecule has 0 spiro atoms. The molecule has 1 N–H and O–H groups in total. The summed E-state index contributed by atoms with van der Waals surface area (Å²) in [5, 5.41) is 14.3. The number of aliphatic hydroxyl groups is 1. The van der Waals surface area contributed by atoms with Crippen molar-refractivity contribution >= 4 is 21.6 Å². The molecular formula is C15H22BrN3O2. The fourth-order valence-electron chi connectivity index (χ4n) is 3.79. The van der Waals surface area contributed by atoms with E-state index in [0.29, 0.717) is 23.0 Å². The third kappa shape index (κ3) is 2.88. The van der Waals surface area contributed by atoms with Gasteiger partial charge in [0.05, 0.1) is 18.0 Å². The van der Waals surface area contributed by atoms with Crippen molar-refractivity contribution < 1.29 is 5.11 Å². The van der Waals surface area contributed by atoms with E-state index in [0.717, 1.165) is 12.1 Å². The van der Waals surface area contributed by atoms with Crippen LogP contribution in [0.15, 0.2) is 15.5 Å². The summed E-state index contributed by atoms with van der Waals surface area (Å²) in [5.41, 5.74) is 0.696. The number of halogens is 1. The highest BCUT2D eigenvalue weighted by Crippen LogP contribution is 2.38. The van der Waals surface area contributed by atoms with E-state index in [9.17, 15) is 9.90 Å².